The Hall–Kier alpha value is -1.10. The number of benzene rings is 1. The molecule has 0 N–H and O–H groups in total. The van der Waals surface area contributed by atoms with Gasteiger partial charge in [-0.15, -0.1) is 11.6 Å². The Morgan fingerprint density at radius 1 is 1.26 bits per heavy atom. The number of alkyl halides is 1. The Bertz CT molecular complexity index is 755. The van der Waals surface area contributed by atoms with Crippen LogP contribution in [0.15, 0.2) is 41.1 Å². The molecule has 0 unspecified atom stereocenters. The number of aromatic nitrogens is 3. The standard InChI is InChI=1S/C13H8BrCl2N3/c14-9-2-1-8(5-10(9)16)19-12-3-4-17-7-11(12)18-13(19)6-15/h1-5,7H,6H2. The molecule has 0 atom stereocenters. The van der Waals surface area contributed by atoms with Crippen LogP contribution in [0.5, 0.6) is 0 Å². The number of hydrogen-bond acceptors (Lipinski definition) is 2. The van der Waals surface area contributed by atoms with E-state index >= 15 is 0 Å². The van der Waals surface area contributed by atoms with Gasteiger partial charge in [-0.05, 0) is 40.2 Å². The van der Waals surface area contributed by atoms with Crippen LogP contribution >= 0.6 is 39.1 Å². The van der Waals surface area contributed by atoms with Crippen LogP contribution in [-0.2, 0) is 5.88 Å². The molecule has 2 heterocycles. The van der Waals surface area contributed by atoms with Crippen LogP contribution in [0.1, 0.15) is 5.82 Å². The average molecular weight is 357 g/mol. The molecular formula is C13H8BrCl2N3. The third kappa shape index (κ3) is 2.24. The Morgan fingerprint density at radius 2 is 2.11 bits per heavy atom. The van der Waals surface area contributed by atoms with Gasteiger partial charge in [-0.1, -0.05) is 11.6 Å². The van der Waals surface area contributed by atoms with E-state index in [0.29, 0.717) is 10.9 Å². The van der Waals surface area contributed by atoms with E-state index in [0.717, 1.165) is 27.0 Å². The molecule has 0 fully saturated rings. The fraction of sp³-hybridized carbons (Fsp3) is 0.0769. The van der Waals surface area contributed by atoms with Gasteiger partial charge in [-0.25, -0.2) is 4.98 Å². The molecule has 6 heteroatoms. The first-order valence-corrected chi connectivity index (χ1v) is 7.24. The molecule has 0 aliphatic heterocycles. The molecule has 0 spiro atoms. The summed E-state index contributed by atoms with van der Waals surface area (Å²) in [6.45, 7) is 0. The van der Waals surface area contributed by atoms with Crippen LogP contribution in [0, 0.1) is 0 Å². The minimum absolute atomic E-state index is 0.322. The quantitative estimate of drug-likeness (QED) is 0.629. The van der Waals surface area contributed by atoms with E-state index in [1.807, 2.05) is 28.8 Å². The maximum atomic E-state index is 6.15. The number of pyridine rings is 1. The van der Waals surface area contributed by atoms with E-state index in [-0.39, 0.29) is 0 Å². The van der Waals surface area contributed by atoms with Crippen molar-refractivity contribution < 1.29 is 0 Å². The van der Waals surface area contributed by atoms with Crippen LogP contribution in [0.4, 0.5) is 0 Å². The Kier molecular flexibility index (Phi) is 3.48. The lowest BCUT2D eigenvalue weighted by atomic mass is 10.3. The highest BCUT2D eigenvalue weighted by atomic mass is 79.9. The topological polar surface area (TPSA) is 30.7 Å². The lowest BCUT2D eigenvalue weighted by Crippen LogP contribution is -1.99. The second-order valence-electron chi connectivity index (χ2n) is 3.96. The smallest absolute Gasteiger partial charge is 0.129 e. The van der Waals surface area contributed by atoms with Crippen molar-refractivity contribution in [2.45, 2.75) is 5.88 Å². The van der Waals surface area contributed by atoms with Gasteiger partial charge in [-0.2, -0.15) is 0 Å². The number of fused-ring (bicyclic) bond motifs is 1. The molecule has 2 aromatic heterocycles. The SMILES string of the molecule is ClCc1nc2cnccc2n1-c1ccc(Br)c(Cl)c1. The lowest BCUT2D eigenvalue weighted by Gasteiger charge is -2.08. The monoisotopic (exact) mass is 355 g/mol. The van der Waals surface area contributed by atoms with Crippen LogP contribution < -0.4 is 0 Å². The van der Waals surface area contributed by atoms with Crippen molar-refractivity contribution in [1.82, 2.24) is 14.5 Å². The first kappa shape index (κ1) is 12.9. The van der Waals surface area contributed by atoms with Gasteiger partial charge in [-0.3, -0.25) is 9.55 Å². The van der Waals surface area contributed by atoms with Gasteiger partial charge in [0, 0.05) is 16.4 Å². The minimum atomic E-state index is 0.322. The number of nitrogens with zero attached hydrogens (tertiary/aromatic N) is 3. The number of imidazole rings is 1. The van der Waals surface area contributed by atoms with E-state index in [2.05, 4.69) is 25.9 Å². The van der Waals surface area contributed by atoms with Gasteiger partial charge >= 0.3 is 0 Å². The van der Waals surface area contributed by atoms with Gasteiger partial charge < -0.3 is 0 Å². The highest BCUT2D eigenvalue weighted by Crippen LogP contribution is 2.28. The number of hydrogen-bond donors (Lipinski definition) is 0. The zero-order valence-corrected chi connectivity index (χ0v) is 12.7. The van der Waals surface area contributed by atoms with Crippen molar-refractivity contribution in [2.24, 2.45) is 0 Å². The molecule has 0 saturated heterocycles. The summed E-state index contributed by atoms with van der Waals surface area (Å²) in [5.74, 6) is 1.09. The van der Waals surface area contributed by atoms with Gasteiger partial charge in [0.05, 0.1) is 22.6 Å². The van der Waals surface area contributed by atoms with E-state index in [1.54, 1.807) is 12.4 Å². The molecule has 0 aliphatic rings. The molecule has 0 bridgehead atoms. The van der Waals surface area contributed by atoms with Gasteiger partial charge in [0.25, 0.3) is 0 Å². The fourth-order valence-corrected chi connectivity index (χ4v) is 2.58. The lowest BCUT2D eigenvalue weighted by molar-refractivity contribution is 0.981. The molecule has 0 aliphatic carbocycles. The van der Waals surface area contributed by atoms with E-state index < -0.39 is 0 Å². The second-order valence-corrected chi connectivity index (χ2v) is 5.49. The number of halogens is 3. The third-order valence-corrected chi connectivity index (χ3v) is 4.28. The normalized spacial score (nSPS) is 11.1. The van der Waals surface area contributed by atoms with Crippen LogP contribution in [0.25, 0.3) is 16.7 Å². The highest BCUT2D eigenvalue weighted by Gasteiger charge is 2.12. The molecular weight excluding hydrogens is 349 g/mol. The zero-order chi connectivity index (χ0) is 13.4. The third-order valence-electron chi connectivity index (χ3n) is 2.81. The highest BCUT2D eigenvalue weighted by molar-refractivity contribution is 9.10. The van der Waals surface area contributed by atoms with Gasteiger partial charge in [0.15, 0.2) is 0 Å². The molecule has 0 amide bonds. The Balaban J connectivity index is 2.31. The first-order valence-electron chi connectivity index (χ1n) is 5.53. The van der Waals surface area contributed by atoms with E-state index in [4.69, 9.17) is 23.2 Å². The summed E-state index contributed by atoms with van der Waals surface area (Å²) in [6, 6.07) is 7.66. The zero-order valence-electron chi connectivity index (χ0n) is 9.65. The van der Waals surface area contributed by atoms with Crippen molar-refractivity contribution >= 4 is 50.2 Å². The molecule has 3 nitrogen and oxygen atoms in total. The van der Waals surface area contributed by atoms with Gasteiger partial charge in [0.2, 0.25) is 0 Å². The molecule has 19 heavy (non-hydrogen) atoms. The summed E-state index contributed by atoms with van der Waals surface area (Å²) in [4.78, 5) is 8.55. The van der Waals surface area contributed by atoms with E-state index in [9.17, 15) is 0 Å². The molecule has 96 valence electrons. The summed E-state index contributed by atoms with van der Waals surface area (Å²) in [5.41, 5.74) is 2.71. The number of rotatable bonds is 2. The van der Waals surface area contributed by atoms with Crippen LogP contribution in [0.2, 0.25) is 5.02 Å². The summed E-state index contributed by atoms with van der Waals surface area (Å²) in [7, 11) is 0. The summed E-state index contributed by atoms with van der Waals surface area (Å²) in [5, 5.41) is 0.647. The fourth-order valence-electron chi connectivity index (χ4n) is 1.98. The second kappa shape index (κ2) is 5.12. The van der Waals surface area contributed by atoms with Crippen molar-refractivity contribution in [3.63, 3.8) is 0 Å². The summed E-state index contributed by atoms with van der Waals surface area (Å²) in [6.07, 6.45) is 3.46. The maximum absolute atomic E-state index is 6.15. The summed E-state index contributed by atoms with van der Waals surface area (Å²) >= 11 is 15.5. The Labute approximate surface area is 128 Å². The first-order chi connectivity index (χ1) is 9.20. The molecule has 0 saturated carbocycles. The van der Waals surface area contributed by atoms with E-state index in [1.165, 1.54) is 0 Å². The molecule has 3 aromatic rings. The average Bonchev–Trinajstić information content (AvgIpc) is 2.80. The van der Waals surface area contributed by atoms with Crippen molar-refractivity contribution in [3.8, 4) is 5.69 Å². The largest absolute Gasteiger partial charge is 0.295 e. The van der Waals surface area contributed by atoms with Crippen LogP contribution in [-0.4, -0.2) is 14.5 Å². The van der Waals surface area contributed by atoms with Crippen molar-refractivity contribution in [1.29, 1.82) is 0 Å². The Morgan fingerprint density at radius 3 is 2.84 bits per heavy atom. The summed E-state index contributed by atoms with van der Waals surface area (Å²) < 4.78 is 2.85. The maximum Gasteiger partial charge on any atom is 0.129 e. The molecule has 0 radical (unpaired) electrons. The van der Waals surface area contributed by atoms with Crippen molar-refractivity contribution in [2.75, 3.05) is 0 Å². The molecule has 1 aromatic carbocycles. The predicted molar refractivity (Wildman–Crippen MR) is 81.1 cm³/mol. The van der Waals surface area contributed by atoms with Gasteiger partial charge in [0.1, 0.15) is 11.3 Å². The van der Waals surface area contributed by atoms with Crippen molar-refractivity contribution in [3.05, 3.63) is 52.0 Å². The molecule has 3 rings (SSSR count). The predicted octanol–water partition coefficient (Wildman–Crippen LogP) is 4.58. The minimum Gasteiger partial charge on any atom is -0.295 e. The van der Waals surface area contributed by atoms with Crippen LogP contribution in [0.3, 0.4) is 0 Å².